The SMILES string of the molecule is C[C@H](C(=O)Nc1nccs1)N1Cc2cc(-c3ccc4[nH]ccc4c3)ccc2C1=O. The van der Waals surface area contributed by atoms with Crippen LogP contribution in [0.5, 0.6) is 0 Å². The third-order valence-corrected chi connectivity index (χ3v) is 6.02. The predicted octanol–water partition coefficient (Wildman–Crippen LogP) is 4.27. The first-order valence-corrected chi connectivity index (χ1v) is 10.2. The Kier molecular flexibility index (Phi) is 4.17. The molecule has 5 rings (SSSR count). The molecule has 0 unspecified atom stereocenters. The lowest BCUT2D eigenvalue weighted by Crippen LogP contribution is -2.42. The van der Waals surface area contributed by atoms with Crippen LogP contribution < -0.4 is 5.32 Å². The van der Waals surface area contributed by atoms with Crippen molar-refractivity contribution >= 4 is 39.2 Å². The molecule has 0 spiro atoms. The Morgan fingerprint density at radius 1 is 1.21 bits per heavy atom. The van der Waals surface area contributed by atoms with Crippen LogP contribution in [0.4, 0.5) is 5.13 Å². The molecule has 3 heterocycles. The molecule has 2 N–H and O–H groups in total. The Morgan fingerprint density at radius 2 is 2.03 bits per heavy atom. The maximum atomic E-state index is 12.9. The number of fused-ring (bicyclic) bond motifs is 2. The minimum atomic E-state index is -0.585. The fourth-order valence-corrected chi connectivity index (χ4v) is 4.24. The number of carbonyl (C=O) groups is 2. The first kappa shape index (κ1) is 17.6. The zero-order valence-electron chi connectivity index (χ0n) is 15.7. The molecule has 1 aliphatic heterocycles. The minimum absolute atomic E-state index is 0.116. The number of anilines is 1. The van der Waals surface area contributed by atoms with Crippen molar-refractivity contribution in [2.24, 2.45) is 0 Å². The van der Waals surface area contributed by atoms with E-state index in [4.69, 9.17) is 0 Å². The van der Waals surface area contributed by atoms with Gasteiger partial charge in [-0.15, -0.1) is 11.3 Å². The number of aromatic nitrogens is 2. The van der Waals surface area contributed by atoms with E-state index in [1.165, 1.54) is 11.3 Å². The molecule has 144 valence electrons. The summed E-state index contributed by atoms with van der Waals surface area (Å²) in [7, 11) is 0. The highest BCUT2D eigenvalue weighted by atomic mass is 32.1. The van der Waals surface area contributed by atoms with Gasteiger partial charge in [0.2, 0.25) is 5.91 Å². The topological polar surface area (TPSA) is 78.1 Å². The van der Waals surface area contributed by atoms with Gasteiger partial charge >= 0.3 is 0 Å². The fraction of sp³-hybridized carbons (Fsp3) is 0.136. The van der Waals surface area contributed by atoms with Crippen molar-refractivity contribution in [3.63, 3.8) is 0 Å². The Morgan fingerprint density at radius 3 is 2.86 bits per heavy atom. The molecule has 0 aliphatic carbocycles. The standard InChI is InChI=1S/C22H18N4O2S/c1-13(20(27)25-22-24-8-9-29-22)26-12-17-11-14(2-4-18(17)21(26)28)15-3-5-19-16(10-15)6-7-23-19/h2-11,13,23H,12H2,1H3,(H,24,25,27)/t13-/m1/s1. The molecule has 0 bridgehead atoms. The van der Waals surface area contributed by atoms with Crippen LogP contribution in [0.15, 0.2) is 60.2 Å². The van der Waals surface area contributed by atoms with E-state index in [0.29, 0.717) is 17.2 Å². The van der Waals surface area contributed by atoms with Crippen LogP contribution in [0, 0.1) is 0 Å². The molecular formula is C22H18N4O2S. The number of benzene rings is 2. The normalized spacial score (nSPS) is 14.2. The summed E-state index contributed by atoms with van der Waals surface area (Å²) in [6, 6.07) is 13.6. The molecule has 0 saturated carbocycles. The van der Waals surface area contributed by atoms with Crippen molar-refractivity contribution in [1.29, 1.82) is 0 Å². The largest absolute Gasteiger partial charge is 0.361 e. The van der Waals surface area contributed by atoms with Gasteiger partial charge in [0.25, 0.3) is 5.91 Å². The Hall–Kier alpha value is -3.45. The second-order valence-corrected chi connectivity index (χ2v) is 7.98. The van der Waals surface area contributed by atoms with E-state index in [-0.39, 0.29) is 11.8 Å². The lowest BCUT2D eigenvalue weighted by molar-refractivity contribution is -0.120. The van der Waals surface area contributed by atoms with Crippen molar-refractivity contribution in [3.05, 3.63) is 71.4 Å². The molecule has 2 amide bonds. The molecule has 2 aromatic carbocycles. The zero-order chi connectivity index (χ0) is 20.0. The third kappa shape index (κ3) is 3.09. The second kappa shape index (κ2) is 6.86. The lowest BCUT2D eigenvalue weighted by atomic mass is 9.99. The van der Waals surface area contributed by atoms with Crippen LogP contribution in [0.2, 0.25) is 0 Å². The van der Waals surface area contributed by atoms with Crippen molar-refractivity contribution < 1.29 is 9.59 Å². The van der Waals surface area contributed by atoms with Crippen molar-refractivity contribution in [3.8, 4) is 11.1 Å². The molecule has 29 heavy (non-hydrogen) atoms. The zero-order valence-corrected chi connectivity index (χ0v) is 16.5. The molecule has 1 aliphatic rings. The Labute approximate surface area is 171 Å². The van der Waals surface area contributed by atoms with Crippen LogP contribution in [0.3, 0.4) is 0 Å². The van der Waals surface area contributed by atoms with Gasteiger partial charge in [0, 0.05) is 35.4 Å². The van der Waals surface area contributed by atoms with Gasteiger partial charge in [0.15, 0.2) is 5.13 Å². The number of amides is 2. The first-order chi connectivity index (χ1) is 14.1. The summed E-state index contributed by atoms with van der Waals surface area (Å²) < 4.78 is 0. The van der Waals surface area contributed by atoms with Crippen molar-refractivity contribution in [2.75, 3.05) is 5.32 Å². The summed E-state index contributed by atoms with van der Waals surface area (Å²) >= 11 is 1.35. The maximum Gasteiger partial charge on any atom is 0.255 e. The molecule has 7 heteroatoms. The minimum Gasteiger partial charge on any atom is -0.361 e. The van der Waals surface area contributed by atoms with Gasteiger partial charge in [0.05, 0.1) is 0 Å². The molecule has 1 atom stereocenters. The van der Waals surface area contributed by atoms with Gasteiger partial charge in [-0.2, -0.15) is 0 Å². The average molecular weight is 402 g/mol. The summed E-state index contributed by atoms with van der Waals surface area (Å²) in [4.78, 5) is 34.3. The number of nitrogens with zero attached hydrogens (tertiary/aromatic N) is 2. The fourth-order valence-electron chi connectivity index (χ4n) is 3.70. The van der Waals surface area contributed by atoms with E-state index < -0.39 is 6.04 Å². The van der Waals surface area contributed by atoms with Gasteiger partial charge in [-0.3, -0.25) is 9.59 Å². The first-order valence-electron chi connectivity index (χ1n) is 9.32. The number of hydrogen-bond acceptors (Lipinski definition) is 4. The third-order valence-electron chi connectivity index (χ3n) is 5.33. The summed E-state index contributed by atoms with van der Waals surface area (Å²) in [5.74, 6) is -0.353. The van der Waals surface area contributed by atoms with E-state index in [1.807, 2.05) is 30.5 Å². The van der Waals surface area contributed by atoms with Crippen LogP contribution in [-0.4, -0.2) is 32.7 Å². The van der Waals surface area contributed by atoms with E-state index in [1.54, 1.807) is 23.4 Å². The summed E-state index contributed by atoms with van der Waals surface area (Å²) in [5.41, 5.74) is 4.85. The van der Waals surface area contributed by atoms with Crippen LogP contribution >= 0.6 is 11.3 Å². The summed E-state index contributed by atoms with van der Waals surface area (Å²) in [5, 5.41) is 6.25. The number of rotatable bonds is 4. The molecule has 4 aromatic rings. The summed E-state index contributed by atoms with van der Waals surface area (Å²) in [6.07, 6.45) is 3.56. The van der Waals surface area contributed by atoms with Gasteiger partial charge in [-0.1, -0.05) is 12.1 Å². The monoisotopic (exact) mass is 402 g/mol. The van der Waals surface area contributed by atoms with E-state index in [0.717, 1.165) is 27.6 Å². The van der Waals surface area contributed by atoms with E-state index in [2.05, 4.69) is 33.5 Å². The van der Waals surface area contributed by atoms with Gasteiger partial charge < -0.3 is 15.2 Å². The number of thiazole rings is 1. The van der Waals surface area contributed by atoms with Gasteiger partial charge in [-0.05, 0) is 59.3 Å². The maximum absolute atomic E-state index is 12.9. The number of hydrogen-bond donors (Lipinski definition) is 2. The number of carbonyl (C=O) groups excluding carboxylic acids is 2. The highest BCUT2D eigenvalue weighted by Gasteiger charge is 2.34. The van der Waals surface area contributed by atoms with Crippen molar-refractivity contribution in [1.82, 2.24) is 14.9 Å². The quantitative estimate of drug-likeness (QED) is 0.535. The Balaban J connectivity index is 1.39. The summed E-state index contributed by atoms with van der Waals surface area (Å²) in [6.45, 7) is 2.16. The van der Waals surface area contributed by atoms with Crippen LogP contribution in [0.1, 0.15) is 22.8 Å². The van der Waals surface area contributed by atoms with Crippen LogP contribution in [-0.2, 0) is 11.3 Å². The van der Waals surface area contributed by atoms with Gasteiger partial charge in [-0.25, -0.2) is 4.98 Å². The Bertz CT molecular complexity index is 1230. The molecule has 6 nitrogen and oxygen atoms in total. The predicted molar refractivity (Wildman–Crippen MR) is 114 cm³/mol. The van der Waals surface area contributed by atoms with E-state index >= 15 is 0 Å². The van der Waals surface area contributed by atoms with Crippen LogP contribution in [0.25, 0.3) is 22.0 Å². The highest BCUT2D eigenvalue weighted by molar-refractivity contribution is 7.13. The smallest absolute Gasteiger partial charge is 0.255 e. The number of aromatic amines is 1. The average Bonchev–Trinajstić information content (AvgIpc) is 3.47. The molecular weight excluding hydrogens is 384 g/mol. The number of nitrogens with one attached hydrogen (secondary N) is 2. The van der Waals surface area contributed by atoms with E-state index in [9.17, 15) is 9.59 Å². The second-order valence-electron chi connectivity index (χ2n) is 7.09. The molecule has 0 fully saturated rings. The lowest BCUT2D eigenvalue weighted by Gasteiger charge is -2.22. The highest BCUT2D eigenvalue weighted by Crippen LogP contribution is 2.31. The van der Waals surface area contributed by atoms with Gasteiger partial charge in [0.1, 0.15) is 6.04 Å². The van der Waals surface area contributed by atoms with Crippen molar-refractivity contribution in [2.45, 2.75) is 19.5 Å². The molecule has 0 saturated heterocycles. The molecule has 0 radical (unpaired) electrons. The molecule has 2 aromatic heterocycles. The number of H-pyrrole nitrogens is 1.